The third kappa shape index (κ3) is 8.07. The average Bonchev–Trinajstić information content (AvgIpc) is 3.97. The van der Waals surface area contributed by atoms with Gasteiger partial charge in [-0.3, -0.25) is 4.99 Å². The first-order chi connectivity index (χ1) is 34.5. The van der Waals surface area contributed by atoms with Crippen LogP contribution in [-0.2, 0) is 12.1 Å². The molecular formula is C65H48N4S. The van der Waals surface area contributed by atoms with Crippen molar-refractivity contribution in [3.63, 3.8) is 0 Å². The number of fused-ring (bicyclic) bond motifs is 6. The maximum Gasteiger partial charge on any atom is 0.160 e. The molecule has 4 nitrogen and oxygen atoms in total. The Morgan fingerprint density at radius 1 is 0.671 bits per heavy atom. The molecule has 0 saturated carbocycles. The molecule has 334 valence electrons. The van der Waals surface area contributed by atoms with Gasteiger partial charge in [0, 0.05) is 44.1 Å². The molecule has 1 aromatic heterocycles. The Kier molecular flexibility index (Phi) is 11.3. The summed E-state index contributed by atoms with van der Waals surface area (Å²) in [4.78, 5) is 17.5. The predicted octanol–water partition coefficient (Wildman–Crippen LogP) is 16.3. The lowest BCUT2D eigenvalue weighted by Crippen LogP contribution is -2.27. The molecule has 8 aromatic rings. The molecule has 0 amide bonds. The van der Waals surface area contributed by atoms with Gasteiger partial charge in [0.15, 0.2) is 5.84 Å². The van der Waals surface area contributed by atoms with Gasteiger partial charge in [0.1, 0.15) is 5.84 Å². The van der Waals surface area contributed by atoms with Crippen molar-refractivity contribution in [2.24, 2.45) is 20.9 Å². The lowest BCUT2D eigenvalue weighted by Gasteiger charge is -2.31. The van der Waals surface area contributed by atoms with Crippen LogP contribution in [0.25, 0.3) is 60.8 Å². The van der Waals surface area contributed by atoms with Crippen molar-refractivity contribution in [1.82, 2.24) is 4.57 Å². The molecule has 0 saturated heterocycles. The first kappa shape index (κ1) is 43.0. The summed E-state index contributed by atoms with van der Waals surface area (Å²) in [6.07, 6.45) is 22.7. The Morgan fingerprint density at radius 2 is 1.34 bits per heavy atom. The molecule has 7 aromatic carbocycles. The first-order valence-corrected chi connectivity index (χ1v) is 24.7. The van der Waals surface area contributed by atoms with E-state index in [-0.39, 0.29) is 17.4 Å². The van der Waals surface area contributed by atoms with E-state index in [1.165, 1.54) is 70.6 Å². The fraction of sp³-hybridized carbons (Fsp3) is 0.0923. The standard InChI is InChI=1S/C65H48N4S/c1-65(35-16-7-17-36-65)69-58-32-29-48(40-55(58)56-41-50(30-33-59(56)69)53-38-51(45-21-10-4-11-22-45)37-52(39-53)46-23-12-5-13-24-46)49-31-34-60-57(42-49)62-54(27-18-28-61(62)70-60)64(67-43-44-19-8-3-9-20-44)68-63(66-2)47-25-14-6-15-26-47/h3-4,6-12,14-35,37-42,54,62H,2,36,43H2,1H3. The zero-order valence-electron chi connectivity index (χ0n) is 38.8. The summed E-state index contributed by atoms with van der Waals surface area (Å²) in [5.74, 6) is 1.25. The van der Waals surface area contributed by atoms with E-state index in [1.54, 1.807) is 0 Å². The van der Waals surface area contributed by atoms with Crippen molar-refractivity contribution in [1.29, 1.82) is 0 Å². The van der Waals surface area contributed by atoms with Gasteiger partial charge in [0.05, 0.1) is 12.1 Å². The number of benzene rings is 7. The van der Waals surface area contributed by atoms with Crippen molar-refractivity contribution in [2.75, 3.05) is 0 Å². The summed E-state index contributed by atoms with van der Waals surface area (Å²) >= 11 is 1.85. The maximum atomic E-state index is 5.26. The molecule has 0 N–H and O–H groups in total. The molecule has 3 aliphatic carbocycles. The minimum Gasteiger partial charge on any atom is -0.331 e. The zero-order chi connectivity index (χ0) is 47.0. The quantitative estimate of drug-likeness (QED) is 0.0808. The number of allylic oxidation sites excluding steroid dienone is 11. The van der Waals surface area contributed by atoms with E-state index in [1.807, 2.05) is 60.3 Å². The van der Waals surface area contributed by atoms with Gasteiger partial charge in [-0.05, 0) is 153 Å². The van der Waals surface area contributed by atoms with E-state index in [2.05, 4.69) is 211 Å². The van der Waals surface area contributed by atoms with E-state index in [0.29, 0.717) is 12.4 Å². The highest BCUT2D eigenvalue weighted by Gasteiger charge is 2.38. The summed E-state index contributed by atoms with van der Waals surface area (Å²) in [5.41, 5.74) is 21.1. The Labute approximate surface area is 413 Å². The summed E-state index contributed by atoms with van der Waals surface area (Å²) in [7, 11) is 0. The zero-order valence-corrected chi connectivity index (χ0v) is 39.7. The van der Waals surface area contributed by atoms with Crippen LogP contribution in [0.15, 0.2) is 261 Å². The molecule has 1 aliphatic heterocycles. The summed E-state index contributed by atoms with van der Waals surface area (Å²) in [6.45, 7) is 6.81. The van der Waals surface area contributed by atoms with Crippen molar-refractivity contribution in [3.8, 4) is 33.4 Å². The SMILES string of the molecule is C=NC(=NC(=NCc1ccccc1)C1C=CC=C2Sc3ccc(-c4ccc5c(c4)c4cc(-c6cc(C7=CC=C=C=C7)cc(-c7ccccc7)c6)ccc4n5C4(C)C=CC=CC4)cc3C21)c1ccccc1. The second kappa shape index (κ2) is 18.3. The van der Waals surface area contributed by atoms with Gasteiger partial charge < -0.3 is 4.57 Å². The minimum absolute atomic E-state index is 0.0489. The Morgan fingerprint density at radius 3 is 2.04 bits per heavy atom. The molecule has 4 aliphatic rings. The van der Waals surface area contributed by atoms with Crippen molar-refractivity contribution in [2.45, 2.75) is 36.2 Å². The lowest BCUT2D eigenvalue weighted by atomic mass is 9.81. The molecule has 2 heterocycles. The Hall–Kier alpha value is -8.30. The normalized spacial score (nSPS) is 19.1. The van der Waals surface area contributed by atoms with Crippen LogP contribution in [0, 0.1) is 5.92 Å². The van der Waals surface area contributed by atoms with Crippen LogP contribution in [0.1, 0.15) is 41.5 Å². The number of nitrogens with zero attached hydrogens (tertiary/aromatic N) is 4. The fourth-order valence-electron chi connectivity index (χ4n) is 10.5. The molecule has 0 spiro atoms. The van der Waals surface area contributed by atoms with Crippen LogP contribution in [0.3, 0.4) is 0 Å². The fourth-order valence-corrected chi connectivity index (χ4v) is 11.7. The predicted molar refractivity (Wildman–Crippen MR) is 296 cm³/mol. The molecular weight excluding hydrogens is 869 g/mol. The van der Waals surface area contributed by atoms with Crippen molar-refractivity contribution >= 4 is 57.5 Å². The molecule has 5 heteroatoms. The van der Waals surface area contributed by atoms with Crippen LogP contribution in [-0.4, -0.2) is 23.0 Å². The maximum absolute atomic E-state index is 5.26. The summed E-state index contributed by atoms with van der Waals surface area (Å²) in [6, 6.07) is 59.2. The van der Waals surface area contributed by atoms with Crippen LogP contribution >= 0.6 is 11.8 Å². The number of thioether (sulfide) groups is 1. The molecule has 12 rings (SSSR count). The van der Waals surface area contributed by atoms with E-state index >= 15 is 0 Å². The van der Waals surface area contributed by atoms with Crippen LogP contribution in [0.4, 0.5) is 0 Å². The highest BCUT2D eigenvalue weighted by atomic mass is 32.2. The summed E-state index contributed by atoms with van der Waals surface area (Å²) < 4.78 is 2.56. The number of hydrogen-bond donors (Lipinski definition) is 0. The van der Waals surface area contributed by atoms with Gasteiger partial charge in [-0.1, -0.05) is 175 Å². The van der Waals surface area contributed by atoms with Gasteiger partial charge in [-0.25, -0.2) is 9.98 Å². The third-order valence-corrected chi connectivity index (χ3v) is 15.2. The highest BCUT2D eigenvalue weighted by Crippen LogP contribution is 2.55. The monoisotopic (exact) mass is 916 g/mol. The van der Waals surface area contributed by atoms with Gasteiger partial charge in [-0.15, -0.1) is 0 Å². The molecule has 3 unspecified atom stereocenters. The summed E-state index contributed by atoms with van der Waals surface area (Å²) in [5, 5.41) is 2.46. The number of aliphatic imine (C=N–C) groups is 3. The van der Waals surface area contributed by atoms with Crippen LogP contribution < -0.4 is 0 Å². The van der Waals surface area contributed by atoms with Gasteiger partial charge in [0.25, 0.3) is 0 Å². The van der Waals surface area contributed by atoms with E-state index in [4.69, 9.17) is 9.98 Å². The lowest BCUT2D eigenvalue weighted by molar-refractivity contribution is 0.437. The smallest absolute Gasteiger partial charge is 0.160 e. The van der Waals surface area contributed by atoms with E-state index in [0.717, 1.165) is 34.5 Å². The van der Waals surface area contributed by atoms with Crippen molar-refractivity contribution < 1.29 is 0 Å². The van der Waals surface area contributed by atoms with Crippen molar-refractivity contribution in [3.05, 3.63) is 263 Å². The molecule has 0 bridgehead atoms. The largest absolute Gasteiger partial charge is 0.331 e. The Bertz CT molecular complexity index is 3740. The third-order valence-electron chi connectivity index (χ3n) is 14.0. The van der Waals surface area contributed by atoms with Gasteiger partial charge in [-0.2, -0.15) is 0 Å². The van der Waals surface area contributed by atoms with Gasteiger partial charge >= 0.3 is 0 Å². The second-order valence-electron chi connectivity index (χ2n) is 18.5. The molecule has 0 fully saturated rings. The molecule has 3 atom stereocenters. The highest BCUT2D eigenvalue weighted by molar-refractivity contribution is 8.03. The number of hydrogen-bond acceptors (Lipinski definition) is 2. The van der Waals surface area contributed by atoms with E-state index in [9.17, 15) is 0 Å². The second-order valence-corrected chi connectivity index (χ2v) is 19.6. The van der Waals surface area contributed by atoms with Crippen LogP contribution in [0.2, 0.25) is 0 Å². The van der Waals surface area contributed by atoms with Gasteiger partial charge in [0.2, 0.25) is 0 Å². The first-order valence-electron chi connectivity index (χ1n) is 23.9. The molecule has 70 heavy (non-hydrogen) atoms. The molecule has 0 radical (unpaired) electrons. The van der Waals surface area contributed by atoms with E-state index < -0.39 is 0 Å². The Balaban J connectivity index is 0.981. The topological polar surface area (TPSA) is 42.0 Å². The number of rotatable bonds is 9. The minimum atomic E-state index is -0.236. The average molecular weight is 917 g/mol. The number of aromatic nitrogens is 1. The van der Waals surface area contributed by atoms with Crippen LogP contribution in [0.5, 0.6) is 0 Å². The number of amidine groups is 2.